The maximum atomic E-state index is 11.8. The number of nitro benzene ring substituents is 1. The molecule has 0 fully saturated rings. The van der Waals surface area contributed by atoms with E-state index in [-0.39, 0.29) is 22.2 Å². The molecule has 0 bridgehead atoms. The quantitative estimate of drug-likeness (QED) is 0.427. The summed E-state index contributed by atoms with van der Waals surface area (Å²) in [5.74, 6) is -0.383. The molecule has 1 amide bonds. The van der Waals surface area contributed by atoms with Crippen LogP contribution in [-0.4, -0.2) is 44.3 Å². The Hall–Kier alpha value is -1.70. The Morgan fingerprint density at radius 2 is 2.14 bits per heavy atom. The lowest BCUT2D eigenvalue weighted by Crippen LogP contribution is -2.25. The van der Waals surface area contributed by atoms with Gasteiger partial charge in [-0.3, -0.25) is 14.9 Å². The Balaban J connectivity index is 2.39. The van der Waals surface area contributed by atoms with Gasteiger partial charge in [-0.15, -0.1) is 0 Å². The molecular weight excluding hydrogens is 300 g/mol. The van der Waals surface area contributed by atoms with Gasteiger partial charge in [-0.1, -0.05) is 11.6 Å². The summed E-state index contributed by atoms with van der Waals surface area (Å²) in [5, 5.41) is 13.4. The Morgan fingerprint density at radius 1 is 1.38 bits per heavy atom. The average molecular weight is 317 g/mol. The van der Waals surface area contributed by atoms with Crippen LogP contribution in [0.3, 0.4) is 0 Å². The topological polar surface area (TPSA) is 90.7 Å². The third-order valence-corrected chi connectivity index (χ3v) is 2.91. The number of carbonyl (C=O) groups is 1. The number of amides is 1. The molecule has 21 heavy (non-hydrogen) atoms. The number of halogens is 1. The van der Waals surface area contributed by atoms with E-state index < -0.39 is 4.92 Å². The van der Waals surface area contributed by atoms with Crippen molar-refractivity contribution in [3.63, 3.8) is 0 Å². The molecule has 0 aliphatic rings. The highest BCUT2D eigenvalue weighted by atomic mass is 35.5. The van der Waals surface area contributed by atoms with Gasteiger partial charge in [-0.2, -0.15) is 0 Å². The minimum Gasteiger partial charge on any atom is -0.382 e. The molecule has 7 nitrogen and oxygen atoms in total. The number of hydrogen-bond acceptors (Lipinski definition) is 5. The van der Waals surface area contributed by atoms with Crippen molar-refractivity contribution in [3.05, 3.63) is 38.9 Å². The summed E-state index contributed by atoms with van der Waals surface area (Å²) in [6, 6.07) is 3.94. The monoisotopic (exact) mass is 316 g/mol. The molecule has 116 valence electrons. The Labute approximate surface area is 127 Å². The molecule has 0 spiro atoms. The summed E-state index contributed by atoms with van der Waals surface area (Å²) < 4.78 is 10.1. The summed E-state index contributed by atoms with van der Waals surface area (Å²) in [6.45, 7) is 1.96. The first kappa shape index (κ1) is 17.4. The molecule has 0 atom stereocenters. The van der Waals surface area contributed by atoms with E-state index in [0.717, 1.165) is 6.07 Å². The molecular formula is C13H17ClN2O5. The summed E-state index contributed by atoms with van der Waals surface area (Å²) in [6.07, 6.45) is 0.644. The molecule has 1 aromatic rings. The highest BCUT2D eigenvalue weighted by molar-refractivity contribution is 6.32. The lowest BCUT2D eigenvalue weighted by molar-refractivity contribution is -0.384. The summed E-state index contributed by atoms with van der Waals surface area (Å²) >= 11 is 5.68. The van der Waals surface area contributed by atoms with Crippen LogP contribution in [0.4, 0.5) is 5.69 Å². The van der Waals surface area contributed by atoms with Gasteiger partial charge in [0.15, 0.2) is 0 Å². The van der Waals surface area contributed by atoms with E-state index in [1.54, 1.807) is 7.11 Å². The van der Waals surface area contributed by atoms with E-state index in [9.17, 15) is 14.9 Å². The fraction of sp³-hybridized carbons (Fsp3) is 0.462. The molecule has 0 aromatic heterocycles. The molecule has 0 unspecified atom stereocenters. The number of benzene rings is 1. The highest BCUT2D eigenvalue weighted by Gasteiger charge is 2.15. The summed E-state index contributed by atoms with van der Waals surface area (Å²) in [4.78, 5) is 22.0. The largest absolute Gasteiger partial charge is 0.382 e. The van der Waals surface area contributed by atoms with Crippen molar-refractivity contribution in [2.45, 2.75) is 6.42 Å². The van der Waals surface area contributed by atoms with Gasteiger partial charge >= 0.3 is 0 Å². The fourth-order valence-corrected chi connectivity index (χ4v) is 1.70. The molecule has 0 aliphatic carbocycles. The zero-order valence-electron chi connectivity index (χ0n) is 11.6. The van der Waals surface area contributed by atoms with Gasteiger partial charge in [0, 0.05) is 31.9 Å². The van der Waals surface area contributed by atoms with E-state index >= 15 is 0 Å². The molecule has 0 radical (unpaired) electrons. The molecule has 0 saturated carbocycles. The van der Waals surface area contributed by atoms with Crippen LogP contribution in [-0.2, 0) is 9.47 Å². The third-order valence-electron chi connectivity index (χ3n) is 2.59. The molecule has 1 aromatic carbocycles. The number of rotatable bonds is 9. The van der Waals surface area contributed by atoms with Gasteiger partial charge in [0.1, 0.15) is 5.02 Å². The zero-order chi connectivity index (χ0) is 15.7. The van der Waals surface area contributed by atoms with Crippen LogP contribution in [0.25, 0.3) is 0 Å². The van der Waals surface area contributed by atoms with Gasteiger partial charge in [0.2, 0.25) is 0 Å². The van der Waals surface area contributed by atoms with E-state index in [1.165, 1.54) is 12.1 Å². The van der Waals surface area contributed by atoms with Crippen molar-refractivity contribution in [1.29, 1.82) is 0 Å². The molecule has 8 heteroatoms. The fourth-order valence-electron chi connectivity index (χ4n) is 1.52. The minimum atomic E-state index is -0.622. The summed E-state index contributed by atoms with van der Waals surface area (Å²) in [5.41, 5.74) is -0.0846. The highest BCUT2D eigenvalue weighted by Crippen LogP contribution is 2.24. The van der Waals surface area contributed by atoms with Gasteiger partial charge in [0.05, 0.1) is 18.1 Å². The van der Waals surface area contributed by atoms with Crippen molar-refractivity contribution >= 4 is 23.2 Å². The maximum absolute atomic E-state index is 11.8. The zero-order valence-corrected chi connectivity index (χ0v) is 12.4. The van der Waals surface area contributed by atoms with Gasteiger partial charge in [-0.05, 0) is 18.6 Å². The number of ether oxygens (including phenoxy) is 2. The van der Waals surface area contributed by atoms with E-state index in [2.05, 4.69) is 5.32 Å². The van der Waals surface area contributed by atoms with Crippen LogP contribution in [0.5, 0.6) is 0 Å². The van der Waals surface area contributed by atoms with Crippen LogP contribution in [0, 0.1) is 10.1 Å². The van der Waals surface area contributed by atoms with E-state index in [0.29, 0.717) is 32.8 Å². The van der Waals surface area contributed by atoms with Crippen LogP contribution in [0.2, 0.25) is 5.02 Å². The maximum Gasteiger partial charge on any atom is 0.288 e. The summed E-state index contributed by atoms with van der Waals surface area (Å²) in [7, 11) is 1.59. The SMILES string of the molecule is COCCOCCCNC(=O)c1ccc(Cl)c([N+](=O)[O-])c1. The predicted octanol–water partition coefficient (Wildman–Crippen LogP) is 2.03. The van der Waals surface area contributed by atoms with Gasteiger partial charge < -0.3 is 14.8 Å². The number of nitrogens with one attached hydrogen (secondary N) is 1. The van der Waals surface area contributed by atoms with Crippen molar-refractivity contribution in [3.8, 4) is 0 Å². The standard InChI is InChI=1S/C13H17ClN2O5/c1-20-7-8-21-6-2-5-15-13(17)10-3-4-11(14)12(9-10)16(18)19/h3-4,9H,2,5-8H2,1H3,(H,15,17). The average Bonchev–Trinajstić information content (AvgIpc) is 2.46. The van der Waals surface area contributed by atoms with E-state index in [1.807, 2.05) is 0 Å². The smallest absolute Gasteiger partial charge is 0.288 e. The minimum absolute atomic E-state index is 0.00286. The van der Waals surface area contributed by atoms with Crippen LogP contribution in [0.1, 0.15) is 16.8 Å². The molecule has 1 N–H and O–H groups in total. The van der Waals surface area contributed by atoms with Gasteiger partial charge in [-0.25, -0.2) is 0 Å². The first-order valence-corrected chi connectivity index (χ1v) is 6.73. The number of methoxy groups -OCH3 is 1. The van der Waals surface area contributed by atoms with Crippen molar-refractivity contribution in [1.82, 2.24) is 5.32 Å². The second-order valence-corrected chi connectivity index (χ2v) is 4.55. The molecule has 0 aliphatic heterocycles. The normalized spacial score (nSPS) is 10.4. The van der Waals surface area contributed by atoms with Crippen molar-refractivity contribution in [2.75, 3.05) is 33.5 Å². The lowest BCUT2D eigenvalue weighted by Gasteiger charge is -2.06. The van der Waals surface area contributed by atoms with Crippen molar-refractivity contribution in [2.24, 2.45) is 0 Å². The molecule has 0 heterocycles. The second-order valence-electron chi connectivity index (χ2n) is 4.14. The number of carbonyl (C=O) groups excluding carboxylic acids is 1. The molecule has 1 rings (SSSR count). The third kappa shape index (κ3) is 6.07. The Bertz CT molecular complexity index is 495. The van der Waals surface area contributed by atoms with Crippen LogP contribution >= 0.6 is 11.6 Å². The first-order valence-electron chi connectivity index (χ1n) is 6.35. The second kappa shape index (κ2) is 9.28. The Morgan fingerprint density at radius 3 is 2.81 bits per heavy atom. The predicted molar refractivity (Wildman–Crippen MR) is 77.8 cm³/mol. The number of hydrogen-bond donors (Lipinski definition) is 1. The van der Waals surface area contributed by atoms with Crippen molar-refractivity contribution < 1.29 is 19.2 Å². The first-order chi connectivity index (χ1) is 10.1. The van der Waals surface area contributed by atoms with E-state index in [4.69, 9.17) is 21.1 Å². The van der Waals surface area contributed by atoms with Gasteiger partial charge in [0.25, 0.3) is 11.6 Å². The molecule has 0 saturated heterocycles. The Kier molecular flexibility index (Phi) is 7.66. The lowest BCUT2D eigenvalue weighted by atomic mass is 10.2. The van der Waals surface area contributed by atoms with Crippen LogP contribution in [0.15, 0.2) is 18.2 Å². The number of nitrogens with zero attached hydrogens (tertiary/aromatic N) is 1. The number of nitro groups is 1. The van der Waals surface area contributed by atoms with Crippen LogP contribution < -0.4 is 5.32 Å².